The van der Waals surface area contributed by atoms with E-state index in [1.165, 1.54) is 12.1 Å². The van der Waals surface area contributed by atoms with Gasteiger partial charge in [0.25, 0.3) is 0 Å². The maximum atomic E-state index is 11.9. The zero-order valence-corrected chi connectivity index (χ0v) is 10.4. The molecule has 1 aromatic rings. The van der Waals surface area contributed by atoms with Crippen LogP contribution < -0.4 is 5.32 Å². The second kappa shape index (κ2) is 5.87. The molecule has 0 bridgehead atoms. The van der Waals surface area contributed by atoms with E-state index in [1.807, 2.05) is 24.2 Å². The number of amides is 1. The number of rotatable bonds is 5. The molecule has 2 rings (SSSR count). The molecule has 4 heteroatoms. The Kier molecular flexibility index (Phi) is 4.20. The Hall–Kier alpha value is -1.29. The van der Waals surface area contributed by atoms with Crippen molar-refractivity contribution >= 4 is 5.91 Å². The van der Waals surface area contributed by atoms with Crippen LogP contribution >= 0.6 is 0 Å². The largest absolute Gasteiger partial charge is 0.365 e. The molecular weight excluding hydrogens is 214 g/mol. The van der Waals surface area contributed by atoms with Gasteiger partial charge >= 0.3 is 0 Å². The van der Waals surface area contributed by atoms with Crippen molar-refractivity contribution < 1.29 is 4.79 Å². The normalized spacial score (nSPS) is 19.5. The summed E-state index contributed by atoms with van der Waals surface area (Å²) in [6.45, 7) is 1.84. The average Bonchev–Trinajstić information content (AvgIpc) is 2.98. The topological polar surface area (TPSA) is 48.1 Å². The quantitative estimate of drug-likeness (QED) is 0.804. The first-order valence-electron chi connectivity index (χ1n) is 6.35. The Bertz CT molecular complexity index is 342. The van der Waals surface area contributed by atoms with Crippen molar-refractivity contribution in [3.63, 3.8) is 0 Å². The number of likely N-dealkylation sites (N-methyl/N-ethyl adjacent to an activating group) is 1. The van der Waals surface area contributed by atoms with Gasteiger partial charge in [-0.15, -0.1) is 0 Å². The summed E-state index contributed by atoms with van der Waals surface area (Å²) in [6.07, 6.45) is 5.79. The summed E-state index contributed by atoms with van der Waals surface area (Å²) in [7, 11) is 1.89. The fourth-order valence-electron chi connectivity index (χ4n) is 2.23. The molecule has 4 nitrogen and oxygen atoms in total. The lowest BCUT2D eigenvalue weighted by Gasteiger charge is -2.19. The molecule has 1 atom stereocenters. The molecule has 94 valence electrons. The molecule has 1 unspecified atom stereocenters. The molecule has 1 amide bonds. The van der Waals surface area contributed by atoms with E-state index in [-0.39, 0.29) is 5.91 Å². The molecule has 0 spiro atoms. The molecule has 2 heterocycles. The third kappa shape index (κ3) is 3.60. The van der Waals surface area contributed by atoms with Gasteiger partial charge < -0.3 is 15.2 Å². The fraction of sp³-hybridized carbons (Fsp3) is 0.615. The van der Waals surface area contributed by atoms with Crippen LogP contribution in [-0.2, 0) is 11.2 Å². The van der Waals surface area contributed by atoms with Crippen LogP contribution in [0.25, 0.3) is 0 Å². The monoisotopic (exact) mass is 235 g/mol. The van der Waals surface area contributed by atoms with Gasteiger partial charge in [0.2, 0.25) is 5.91 Å². The molecule has 17 heavy (non-hydrogen) atoms. The maximum absolute atomic E-state index is 11.9. The van der Waals surface area contributed by atoms with E-state index in [0.717, 1.165) is 25.9 Å². The molecule has 1 fully saturated rings. The Labute approximate surface area is 102 Å². The van der Waals surface area contributed by atoms with Crippen molar-refractivity contribution in [1.82, 2.24) is 15.2 Å². The molecule has 0 aliphatic carbocycles. The number of carbonyl (C=O) groups is 1. The smallest absolute Gasteiger partial charge is 0.223 e. The average molecular weight is 235 g/mol. The molecule has 1 saturated heterocycles. The summed E-state index contributed by atoms with van der Waals surface area (Å²) in [6, 6.07) is 4.44. The van der Waals surface area contributed by atoms with Gasteiger partial charge in [0.1, 0.15) is 0 Å². The van der Waals surface area contributed by atoms with E-state index in [2.05, 4.69) is 16.4 Å². The molecule has 1 aliphatic rings. The second-order valence-corrected chi connectivity index (χ2v) is 4.76. The first-order chi connectivity index (χ1) is 8.25. The van der Waals surface area contributed by atoms with Crippen molar-refractivity contribution in [2.24, 2.45) is 0 Å². The lowest BCUT2D eigenvalue weighted by atomic mass is 10.1. The van der Waals surface area contributed by atoms with Crippen molar-refractivity contribution in [2.75, 3.05) is 20.1 Å². The van der Waals surface area contributed by atoms with Crippen LogP contribution in [0.4, 0.5) is 0 Å². The summed E-state index contributed by atoms with van der Waals surface area (Å²) in [5.41, 5.74) is 1.18. The minimum atomic E-state index is 0.246. The van der Waals surface area contributed by atoms with E-state index >= 15 is 0 Å². The van der Waals surface area contributed by atoms with Gasteiger partial charge in [-0.2, -0.15) is 0 Å². The van der Waals surface area contributed by atoms with Gasteiger partial charge in [0, 0.05) is 44.4 Å². The number of nitrogens with zero attached hydrogens (tertiary/aromatic N) is 1. The summed E-state index contributed by atoms with van der Waals surface area (Å²) >= 11 is 0. The van der Waals surface area contributed by atoms with Crippen LogP contribution in [0, 0.1) is 0 Å². The highest BCUT2D eigenvalue weighted by atomic mass is 16.2. The van der Waals surface area contributed by atoms with Gasteiger partial charge in [-0.1, -0.05) is 0 Å². The molecule has 0 saturated carbocycles. The van der Waals surface area contributed by atoms with E-state index in [0.29, 0.717) is 12.5 Å². The first kappa shape index (κ1) is 12.2. The first-order valence-corrected chi connectivity index (χ1v) is 6.35. The minimum absolute atomic E-state index is 0.246. The Morgan fingerprint density at radius 1 is 1.59 bits per heavy atom. The molecule has 0 radical (unpaired) electrons. The van der Waals surface area contributed by atoms with Crippen molar-refractivity contribution in [1.29, 1.82) is 0 Å². The van der Waals surface area contributed by atoms with Crippen LogP contribution in [0.2, 0.25) is 0 Å². The summed E-state index contributed by atoms with van der Waals surface area (Å²) in [5, 5.41) is 3.36. The maximum Gasteiger partial charge on any atom is 0.223 e. The number of hydrogen-bond acceptors (Lipinski definition) is 2. The second-order valence-electron chi connectivity index (χ2n) is 4.76. The number of H-pyrrole nitrogens is 1. The SMILES string of the molecule is CN(CCc1ccc[nH]1)C(=O)CC1CCCN1. The highest BCUT2D eigenvalue weighted by molar-refractivity contribution is 5.76. The lowest BCUT2D eigenvalue weighted by molar-refractivity contribution is -0.130. The van der Waals surface area contributed by atoms with Crippen LogP contribution in [0.5, 0.6) is 0 Å². The zero-order valence-electron chi connectivity index (χ0n) is 10.4. The lowest BCUT2D eigenvalue weighted by Crippen LogP contribution is -2.34. The highest BCUT2D eigenvalue weighted by Gasteiger charge is 2.19. The van der Waals surface area contributed by atoms with Crippen molar-refractivity contribution in [3.8, 4) is 0 Å². The summed E-state index contributed by atoms with van der Waals surface area (Å²) < 4.78 is 0. The fourth-order valence-corrected chi connectivity index (χ4v) is 2.23. The van der Waals surface area contributed by atoms with Crippen LogP contribution in [-0.4, -0.2) is 42.0 Å². The standard InChI is InChI=1S/C13H21N3O/c1-16(9-6-11-4-2-7-14-11)13(17)10-12-5-3-8-15-12/h2,4,7,12,14-15H,3,5-6,8-10H2,1H3. The Balaban J connectivity index is 1.71. The van der Waals surface area contributed by atoms with E-state index < -0.39 is 0 Å². The van der Waals surface area contributed by atoms with Crippen molar-refractivity contribution in [2.45, 2.75) is 31.7 Å². The molecular formula is C13H21N3O. The van der Waals surface area contributed by atoms with Crippen LogP contribution in [0.3, 0.4) is 0 Å². The van der Waals surface area contributed by atoms with Crippen molar-refractivity contribution in [3.05, 3.63) is 24.0 Å². The van der Waals surface area contributed by atoms with Gasteiger partial charge in [0.05, 0.1) is 0 Å². The molecule has 0 aromatic carbocycles. The minimum Gasteiger partial charge on any atom is -0.365 e. The highest BCUT2D eigenvalue weighted by Crippen LogP contribution is 2.10. The Morgan fingerprint density at radius 3 is 3.12 bits per heavy atom. The van der Waals surface area contributed by atoms with Gasteiger partial charge in [-0.25, -0.2) is 0 Å². The molecule has 1 aromatic heterocycles. The third-order valence-corrected chi connectivity index (χ3v) is 3.39. The number of carbonyl (C=O) groups excluding carboxylic acids is 1. The van der Waals surface area contributed by atoms with Gasteiger partial charge in [0.15, 0.2) is 0 Å². The predicted octanol–water partition coefficient (Wildman–Crippen LogP) is 1.16. The molecule has 2 N–H and O–H groups in total. The van der Waals surface area contributed by atoms with E-state index in [4.69, 9.17) is 0 Å². The third-order valence-electron chi connectivity index (χ3n) is 3.39. The molecule has 1 aliphatic heterocycles. The van der Waals surface area contributed by atoms with Gasteiger partial charge in [-0.3, -0.25) is 4.79 Å². The predicted molar refractivity (Wildman–Crippen MR) is 67.8 cm³/mol. The van der Waals surface area contributed by atoms with Crippen LogP contribution in [0.1, 0.15) is 25.0 Å². The summed E-state index contributed by atoms with van der Waals surface area (Å²) in [4.78, 5) is 16.9. The van der Waals surface area contributed by atoms with E-state index in [1.54, 1.807) is 0 Å². The van der Waals surface area contributed by atoms with Gasteiger partial charge in [-0.05, 0) is 31.5 Å². The number of aromatic nitrogens is 1. The Morgan fingerprint density at radius 2 is 2.47 bits per heavy atom. The van der Waals surface area contributed by atoms with E-state index in [9.17, 15) is 4.79 Å². The number of hydrogen-bond donors (Lipinski definition) is 2. The van der Waals surface area contributed by atoms with Crippen LogP contribution in [0.15, 0.2) is 18.3 Å². The number of aromatic amines is 1. The number of nitrogens with one attached hydrogen (secondary N) is 2. The summed E-state index contributed by atoms with van der Waals surface area (Å²) in [5.74, 6) is 0.246. The zero-order chi connectivity index (χ0) is 12.1.